The quantitative estimate of drug-likeness (QED) is 0.218. The van der Waals surface area contributed by atoms with Gasteiger partial charge in [-0.05, 0) is 86.4 Å². The van der Waals surface area contributed by atoms with E-state index in [0.717, 1.165) is 24.2 Å². The van der Waals surface area contributed by atoms with Crippen LogP contribution in [0.25, 0.3) is 6.08 Å². The van der Waals surface area contributed by atoms with Crippen molar-refractivity contribution in [3.05, 3.63) is 59.2 Å². The van der Waals surface area contributed by atoms with Crippen LogP contribution >= 0.6 is 0 Å². The molecule has 1 saturated heterocycles. The fourth-order valence-electron chi connectivity index (χ4n) is 8.78. The van der Waals surface area contributed by atoms with E-state index in [0.29, 0.717) is 48.7 Å². The van der Waals surface area contributed by atoms with E-state index in [2.05, 4.69) is 9.64 Å². The summed E-state index contributed by atoms with van der Waals surface area (Å²) in [5, 5.41) is 0. The highest BCUT2D eigenvalue weighted by molar-refractivity contribution is 5.92. The van der Waals surface area contributed by atoms with E-state index in [1.165, 1.54) is 57.0 Å². The molecule has 1 amide bonds. The lowest BCUT2D eigenvalue weighted by Crippen LogP contribution is -2.79. The van der Waals surface area contributed by atoms with Gasteiger partial charge in [-0.2, -0.15) is 0 Å². The molecule has 2 saturated carbocycles. The minimum absolute atomic E-state index is 0.0853. The third-order valence-electron chi connectivity index (χ3n) is 10.6. The van der Waals surface area contributed by atoms with Crippen molar-refractivity contribution in [2.45, 2.75) is 87.9 Å². The van der Waals surface area contributed by atoms with Gasteiger partial charge in [-0.25, -0.2) is 0 Å². The smallest absolute Gasteiger partial charge is 0.483 e. The summed E-state index contributed by atoms with van der Waals surface area (Å²) < 4.78 is 61.2. The lowest BCUT2D eigenvalue weighted by molar-refractivity contribution is -0.274. The van der Waals surface area contributed by atoms with Gasteiger partial charge in [0.05, 0.1) is 17.5 Å². The Morgan fingerprint density at radius 2 is 1.87 bits per heavy atom. The molecule has 2 heterocycles. The Labute approximate surface area is 270 Å². The number of amides is 1. The van der Waals surface area contributed by atoms with Crippen molar-refractivity contribution in [2.75, 3.05) is 20.1 Å². The summed E-state index contributed by atoms with van der Waals surface area (Å²) in [6, 6.07) is 8.59. The highest BCUT2D eigenvalue weighted by Crippen LogP contribution is 2.67. The van der Waals surface area contributed by atoms with E-state index in [1.807, 2.05) is 6.07 Å². The third-order valence-corrected chi connectivity index (χ3v) is 10.6. The maximum atomic E-state index is 13.7. The monoisotopic (exact) mass is 654 g/mol. The Morgan fingerprint density at radius 1 is 1.09 bits per heavy atom. The second-order valence-electron chi connectivity index (χ2n) is 13.4. The molecule has 9 nitrogen and oxygen atoms in total. The molecule has 250 valence electrons. The van der Waals surface area contributed by atoms with E-state index < -0.39 is 35.5 Å². The first-order valence-corrected chi connectivity index (χ1v) is 16.1. The number of carbonyl (C=O) groups excluding carboxylic acids is 3. The Balaban J connectivity index is 1.26. The Hall–Kier alpha value is -4.06. The molecule has 0 unspecified atom stereocenters. The molecule has 0 aromatic heterocycles. The number of likely N-dealkylation sites (N-methyl/N-ethyl adjacent to an activating group) is 1. The fraction of sp³-hybridized carbons (Fsp3) is 0.514. The number of hydrogen-bond acceptors (Lipinski definition) is 8. The molecule has 12 heteroatoms. The molecule has 2 aliphatic heterocycles. The van der Waals surface area contributed by atoms with Crippen molar-refractivity contribution in [3.63, 3.8) is 0 Å². The van der Waals surface area contributed by atoms with Crippen LogP contribution in [0.3, 0.4) is 0 Å². The summed E-state index contributed by atoms with van der Waals surface area (Å²) in [6.45, 7) is 4.46. The van der Waals surface area contributed by atoms with Crippen molar-refractivity contribution >= 4 is 23.9 Å². The van der Waals surface area contributed by atoms with Gasteiger partial charge >= 0.3 is 18.3 Å². The van der Waals surface area contributed by atoms with E-state index in [4.69, 9.17) is 14.2 Å². The van der Waals surface area contributed by atoms with Crippen LogP contribution in [0.4, 0.5) is 13.2 Å². The molecule has 3 fully saturated rings. The number of nitrogens with zero attached hydrogens (tertiary/aromatic N) is 2. The number of hydrogen-bond donors (Lipinski definition) is 0. The van der Waals surface area contributed by atoms with Crippen molar-refractivity contribution in [3.8, 4) is 17.2 Å². The minimum atomic E-state index is -4.83. The minimum Gasteiger partial charge on any atom is -0.483 e. The Morgan fingerprint density at radius 3 is 2.57 bits per heavy atom. The first-order valence-electron chi connectivity index (χ1n) is 16.1. The lowest BCUT2D eigenvalue weighted by Gasteiger charge is -2.65. The number of alkyl halides is 3. The second-order valence-corrected chi connectivity index (χ2v) is 13.4. The van der Waals surface area contributed by atoms with E-state index >= 15 is 0 Å². The zero-order valence-corrected chi connectivity index (χ0v) is 26.5. The summed E-state index contributed by atoms with van der Waals surface area (Å²) >= 11 is 0. The van der Waals surface area contributed by atoms with Crippen LogP contribution in [0.2, 0.25) is 0 Å². The van der Waals surface area contributed by atoms with Gasteiger partial charge in [0.1, 0.15) is 17.5 Å². The molecule has 2 aromatic carbocycles. The molecular weight excluding hydrogens is 617 g/mol. The standard InChI is InChI=1S/C35H37F3N2O7/c1-20(41)44-27-11-10-24-18-28-34(46-21(2)42)14-13-26(32-33(34,30(24)31(27)45-32)15-16-40(28)19-23-7-8-23)39(3)29(43)12-9-22-5-4-6-25(17-22)47-35(36,37)38/h4-6,9-12,17,23,26,28,32H,7-8,13-16,18-19H2,1-3H3/t26-,28+,32-,33-,34+/m0/s1. The summed E-state index contributed by atoms with van der Waals surface area (Å²) in [6.07, 6.45) is 1.95. The van der Waals surface area contributed by atoms with Crippen LogP contribution in [-0.4, -0.2) is 77.9 Å². The number of rotatable bonds is 8. The van der Waals surface area contributed by atoms with Gasteiger partial charge in [-0.3, -0.25) is 19.3 Å². The van der Waals surface area contributed by atoms with Crippen LogP contribution < -0.4 is 14.2 Å². The normalized spacial score (nSPS) is 29.1. The molecule has 0 N–H and O–H groups in total. The Kier molecular flexibility index (Phi) is 7.57. The van der Waals surface area contributed by atoms with Gasteiger partial charge in [-0.15, -0.1) is 13.2 Å². The number of ether oxygens (including phenoxy) is 4. The maximum Gasteiger partial charge on any atom is 0.573 e. The van der Waals surface area contributed by atoms with Crippen LogP contribution in [0, 0.1) is 5.92 Å². The molecule has 2 aromatic rings. The van der Waals surface area contributed by atoms with Gasteiger partial charge in [0.15, 0.2) is 11.5 Å². The van der Waals surface area contributed by atoms with Crippen LogP contribution in [0.15, 0.2) is 42.5 Å². The number of carbonyl (C=O) groups is 3. The lowest BCUT2D eigenvalue weighted by atomic mass is 9.48. The first-order chi connectivity index (χ1) is 22.3. The number of likely N-dealkylation sites (tertiary alicyclic amines) is 1. The average Bonchev–Trinajstić information content (AvgIpc) is 3.74. The maximum absolute atomic E-state index is 13.7. The van der Waals surface area contributed by atoms with E-state index in [-0.39, 0.29) is 23.7 Å². The van der Waals surface area contributed by atoms with Crippen molar-refractivity contribution < 1.29 is 46.5 Å². The first kappa shape index (κ1) is 31.5. The summed E-state index contributed by atoms with van der Waals surface area (Å²) in [5.74, 6) is -0.239. The van der Waals surface area contributed by atoms with Gasteiger partial charge in [0.2, 0.25) is 5.91 Å². The molecule has 5 aliphatic rings. The molecule has 7 rings (SSSR count). The Bertz CT molecular complexity index is 1660. The molecule has 3 aliphatic carbocycles. The van der Waals surface area contributed by atoms with E-state index in [9.17, 15) is 27.6 Å². The summed E-state index contributed by atoms with van der Waals surface area (Å²) in [4.78, 5) is 42.8. The van der Waals surface area contributed by atoms with E-state index in [1.54, 1.807) is 24.1 Å². The molecule has 5 atom stereocenters. The fourth-order valence-corrected chi connectivity index (χ4v) is 8.78. The predicted octanol–water partition coefficient (Wildman–Crippen LogP) is 5.19. The van der Waals surface area contributed by atoms with Crippen LogP contribution in [0.1, 0.15) is 62.6 Å². The largest absolute Gasteiger partial charge is 0.573 e. The van der Waals surface area contributed by atoms with Gasteiger partial charge < -0.3 is 23.8 Å². The molecule has 0 radical (unpaired) electrons. The zero-order valence-electron chi connectivity index (χ0n) is 26.5. The highest BCUT2D eigenvalue weighted by atomic mass is 19.4. The third kappa shape index (κ3) is 5.34. The molecule has 1 spiro atoms. The van der Waals surface area contributed by atoms with Crippen LogP contribution in [-0.2, 0) is 31.0 Å². The molecule has 47 heavy (non-hydrogen) atoms. The zero-order chi connectivity index (χ0) is 33.3. The number of piperidine rings is 1. The molecular formula is C35H37F3N2O7. The summed E-state index contributed by atoms with van der Waals surface area (Å²) in [5.41, 5.74) is 0.601. The molecule has 2 bridgehead atoms. The van der Waals surface area contributed by atoms with Crippen molar-refractivity contribution in [1.29, 1.82) is 0 Å². The van der Waals surface area contributed by atoms with Gasteiger partial charge in [0, 0.05) is 39.1 Å². The average molecular weight is 655 g/mol. The summed E-state index contributed by atoms with van der Waals surface area (Å²) in [7, 11) is 1.68. The highest BCUT2D eigenvalue weighted by Gasteiger charge is 2.75. The SMILES string of the molecule is CC(=O)Oc1ccc2c3c1O[C@H]1[C@@H](N(C)C(=O)C=Cc4cccc(OC(F)(F)F)c4)CC[C@@]4(OC(C)=O)[C@@H](C2)N(CC2CC2)CC[C@]314. The van der Waals surface area contributed by atoms with Crippen molar-refractivity contribution in [2.24, 2.45) is 5.92 Å². The van der Waals surface area contributed by atoms with Gasteiger partial charge in [-0.1, -0.05) is 18.2 Å². The van der Waals surface area contributed by atoms with Crippen molar-refractivity contribution in [1.82, 2.24) is 9.80 Å². The van der Waals surface area contributed by atoms with Crippen LogP contribution in [0.5, 0.6) is 17.2 Å². The second kappa shape index (κ2) is 11.3. The number of halogens is 3. The number of benzene rings is 2. The van der Waals surface area contributed by atoms with Gasteiger partial charge in [0.25, 0.3) is 0 Å². The topological polar surface area (TPSA) is 94.6 Å². The predicted molar refractivity (Wildman–Crippen MR) is 163 cm³/mol. The number of esters is 2.